The number of nitrogens with two attached hydrogens (primary N) is 1. The van der Waals surface area contributed by atoms with E-state index in [0.29, 0.717) is 11.6 Å². The number of benzene rings is 1. The van der Waals surface area contributed by atoms with E-state index >= 15 is 0 Å². The van der Waals surface area contributed by atoms with E-state index in [9.17, 15) is 4.79 Å². The summed E-state index contributed by atoms with van der Waals surface area (Å²) in [5, 5.41) is 0.645. The van der Waals surface area contributed by atoms with Gasteiger partial charge in [0.05, 0.1) is 7.11 Å². The van der Waals surface area contributed by atoms with E-state index in [1.807, 2.05) is 19.2 Å². The van der Waals surface area contributed by atoms with Gasteiger partial charge in [-0.25, -0.2) is 0 Å². The first-order valence-electron chi connectivity index (χ1n) is 7.34. The molecule has 0 aliphatic heterocycles. The van der Waals surface area contributed by atoms with E-state index in [0.717, 1.165) is 37.0 Å². The molecule has 1 aliphatic rings. The number of ether oxygens (including phenoxy) is 1. The van der Waals surface area contributed by atoms with Crippen LogP contribution in [0.2, 0.25) is 5.02 Å². The van der Waals surface area contributed by atoms with Crippen molar-refractivity contribution in [2.75, 3.05) is 14.2 Å². The summed E-state index contributed by atoms with van der Waals surface area (Å²) in [5.41, 5.74) is 6.89. The Balaban J connectivity index is 2.05. The summed E-state index contributed by atoms with van der Waals surface area (Å²) in [7, 11) is 3.44. The van der Waals surface area contributed by atoms with Crippen LogP contribution in [0.3, 0.4) is 0 Å². The molecule has 2 unspecified atom stereocenters. The number of rotatable bonds is 4. The number of hydrogen-bond acceptors (Lipinski definition) is 3. The van der Waals surface area contributed by atoms with E-state index in [4.69, 9.17) is 22.1 Å². The standard InChI is InChI=1S/C16H23ClN2O2/c1-19(16(20)11-4-3-5-14(18)9-11)10-12-8-13(17)6-7-15(12)21-2/h6-8,11,14H,3-5,9-10,18H2,1-2H3. The largest absolute Gasteiger partial charge is 0.496 e. The molecule has 0 aromatic heterocycles. The molecule has 1 fully saturated rings. The summed E-state index contributed by atoms with van der Waals surface area (Å²) >= 11 is 6.03. The fraction of sp³-hybridized carbons (Fsp3) is 0.562. The third kappa shape index (κ3) is 4.11. The average Bonchev–Trinajstić information content (AvgIpc) is 2.46. The zero-order chi connectivity index (χ0) is 15.4. The second-order valence-corrected chi connectivity index (χ2v) is 6.21. The van der Waals surface area contributed by atoms with Crippen molar-refractivity contribution in [3.63, 3.8) is 0 Å². The number of methoxy groups -OCH3 is 1. The molecule has 0 heterocycles. The lowest BCUT2D eigenvalue weighted by Crippen LogP contribution is -2.38. The summed E-state index contributed by atoms with van der Waals surface area (Å²) in [6.07, 6.45) is 3.78. The Labute approximate surface area is 131 Å². The molecule has 1 saturated carbocycles. The van der Waals surface area contributed by atoms with Crippen LogP contribution in [0.15, 0.2) is 18.2 Å². The molecule has 1 aromatic rings. The molecule has 1 aromatic carbocycles. The lowest BCUT2D eigenvalue weighted by Gasteiger charge is -2.29. The zero-order valence-electron chi connectivity index (χ0n) is 12.6. The highest BCUT2D eigenvalue weighted by molar-refractivity contribution is 6.30. The Bertz CT molecular complexity index is 507. The van der Waals surface area contributed by atoms with E-state index in [2.05, 4.69) is 0 Å². The molecule has 2 N–H and O–H groups in total. The topological polar surface area (TPSA) is 55.6 Å². The highest BCUT2D eigenvalue weighted by Crippen LogP contribution is 2.27. The molecule has 1 amide bonds. The van der Waals surface area contributed by atoms with Crippen molar-refractivity contribution >= 4 is 17.5 Å². The van der Waals surface area contributed by atoms with Gasteiger partial charge in [0.25, 0.3) is 0 Å². The van der Waals surface area contributed by atoms with Crippen LogP contribution in [0.4, 0.5) is 0 Å². The number of nitrogens with zero attached hydrogens (tertiary/aromatic N) is 1. The number of amides is 1. The summed E-state index contributed by atoms with van der Waals surface area (Å²) in [5.74, 6) is 0.954. The Morgan fingerprint density at radius 2 is 2.24 bits per heavy atom. The normalized spacial score (nSPS) is 21.9. The molecule has 116 valence electrons. The molecule has 1 aliphatic carbocycles. The van der Waals surface area contributed by atoms with Crippen molar-refractivity contribution in [1.29, 1.82) is 0 Å². The van der Waals surface area contributed by atoms with Crippen LogP contribution in [0, 0.1) is 5.92 Å². The fourth-order valence-electron chi connectivity index (χ4n) is 2.97. The maximum absolute atomic E-state index is 12.5. The van der Waals surface area contributed by atoms with Gasteiger partial charge in [0.2, 0.25) is 5.91 Å². The van der Waals surface area contributed by atoms with E-state index in [1.54, 1.807) is 18.1 Å². The summed E-state index contributed by atoms with van der Waals surface area (Å²) in [6, 6.07) is 5.61. The SMILES string of the molecule is COc1ccc(Cl)cc1CN(C)C(=O)C1CCCC(N)C1. The molecule has 5 heteroatoms. The van der Waals surface area contributed by atoms with Crippen molar-refractivity contribution in [2.45, 2.75) is 38.3 Å². The highest BCUT2D eigenvalue weighted by atomic mass is 35.5. The van der Waals surface area contributed by atoms with Gasteiger partial charge < -0.3 is 15.4 Å². The van der Waals surface area contributed by atoms with Gasteiger partial charge in [-0.1, -0.05) is 18.0 Å². The zero-order valence-corrected chi connectivity index (χ0v) is 13.4. The van der Waals surface area contributed by atoms with Gasteiger partial charge in [-0.05, 0) is 37.5 Å². The molecule has 0 spiro atoms. The first kappa shape index (κ1) is 16.1. The average molecular weight is 311 g/mol. The Morgan fingerprint density at radius 3 is 2.90 bits per heavy atom. The summed E-state index contributed by atoms with van der Waals surface area (Å²) in [4.78, 5) is 14.3. The third-order valence-electron chi connectivity index (χ3n) is 4.09. The third-order valence-corrected chi connectivity index (χ3v) is 4.33. The van der Waals surface area contributed by atoms with Crippen LogP contribution in [0.25, 0.3) is 0 Å². The van der Waals surface area contributed by atoms with E-state index in [-0.39, 0.29) is 17.9 Å². The van der Waals surface area contributed by atoms with Gasteiger partial charge in [-0.2, -0.15) is 0 Å². The van der Waals surface area contributed by atoms with Gasteiger partial charge in [-0.15, -0.1) is 0 Å². The van der Waals surface area contributed by atoms with Crippen LogP contribution in [-0.4, -0.2) is 31.0 Å². The predicted octanol–water partition coefficient (Wildman–Crippen LogP) is 2.82. The maximum atomic E-state index is 12.5. The van der Waals surface area contributed by atoms with Gasteiger partial charge in [0.1, 0.15) is 5.75 Å². The van der Waals surface area contributed by atoms with Crippen molar-refractivity contribution in [3.8, 4) is 5.75 Å². The van der Waals surface area contributed by atoms with Crippen LogP contribution >= 0.6 is 11.6 Å². The van der Waals surface area contributed by atoms with Crippen molar-refractivity contribution in [1.82, 2.24) is 4.90 Å². The number of carbonyl (C=O) groups is 1. The second-order valence-electron chi connectivity index (χ2n) is 5.77. The molecule has 21 heavy (non-hydrogen) atoms. The molecule has 0 saturated heterocycles. The minimum Gasteiger partial charge on any atom is -0.496 e. The van der Waals surface area contributed by atoms with Gasteiger partial charge >= 0.3 is 0 Å². The Kier molecular flexibility index (Phi) is 5.48. The molecule has 2 rings (SSSR count). The molecular formula is C16H23ClN2O2. The number of carbonyl (C=O) groups excluding carboxylic acids is 1. The smallest absolute Gasteiger partial charge is 0.225 e. The highest BCUT2D eigenvalue weighted by Gasteiger charge is 2.27. The summed E-state index contributed by atoms with van der Waals surface area (Å²) in [6.45, 7) is 0.494. The molecule has 2 atom stereocenters. The van der Waals surface area contributed by atoms with E-state index in [1.165, 1.54) is 0 Å². The first-order chi connectivity index (χ1) is 10.0. The van der Waals surface area contributed by atoms with Crippen LogP contribution in [-0.2, 0) is 11.3 Å². The van der Waals surface area contributed by atoms with E-state index < -0.39 is 0 Å². The minimum absolute atomic E-state index is 0.0453. The minimum atomic E-state index is 0.0453. The van der Waals surface area contributed by atoms with Crippen LogP contribution in [0.1, 0.15) is 31.2 Å². The number of halogens is 1. The fourth-order valence-corrected chi connectivity index (χ4v) is 3.16. The first-order valence-corrected chi connectivity index (χ1v) is 7.72. The lowest BCUT2D eigenvalue weighted by molar-refractivity contribution is -0.135. The summed E-state index contributed by atoms with van der Waals surface area (Å²) < 4.78 is 5.33. The predicted molar refractivity (Wildman–Crippen MR) is 84.4 cm³/mol. The van der Waals surface area contributed by atoms with Crippen LogP contribution < -0.4 is 10.5 Å². The van der Waals surface area contributed by atoms with Crippen molar-refractivity contribution < 1.29 is 9.53 Å². The Hall–Kier alpha value is -1.26. The molecule has 0 bridgehead atoms. The van der Waals surface area contributed by atoms with Gasteiger partial charge in [-0.3, -0.25) is 4.79 Å². The lowest BCUT2D eigenvalue weighted by atomic mass is 9.85. The Morgan fingerprint density at radius 1 is 1.48 bits per heavy atom. The van der Waals surface area contributed by atoms with Crippen molar-refractivity contribution in [2.24, 2.45) is 11.7 Å². The molecule has 0 radical (unpaired) electrons. The maximum Gasteiger partial charge on any atom is 0.225 e. The second kappa shape index (κ2) is 7.14. The van der Waals surface area contributed by atoms with Crippen molar-refractivity contribution in [3.05, 3.63) is 28.8 Å². The molecule has 4 nitrogen and oxygen atoms in total. The number of hydrogen-bond donors (Lipinski definition) is 1. The van der Waals surface area contributed by atoms with Gasteiger partial charge in [0.15, 0.2) is 0 Å². The van der Waals surface area contributed by atoms with Crippen LogP contribution in [0.5, 0.6) is 5.75 Å². The molecular weight excluding hydrogens is 288 g/mol. The van der Waals surface area contributed by atoms with Gasteiger partial charge in [0, 0.05) is 36.1 Å². The monoisotopic (exact) mass is 310 g/mol. The quantitative estimate of drug-likeness (QED) is 0.930.